The van der Waals surface area contributed by atoms with Gasteiger partial charge in [0.1, 0.15) is 6.04 Å². The molecule has 1 unspecified atom stereocenters. The third-order valence-electron chi connectivity index (χ3n) is 2.61. The molecule has 0 spiro atoms. The molecule has 0 saturated heterocycles. The Labute approximate surface area is 97.4 Å². The van der Waals surface area contributed by atoms with Crippen LogP contribution >= 0.6 is 0 Å². The molecular formula is C12H23NO3. The van der Waals surface area contributed by atoms with E-state index in [9.17, 15) is 9.59 Å². The van der Waals surface area contributed by atoms with Gasteiger partial charge in [0.05, 0.1) is 0 Å². The maximum Gasteiger partial charge on any atom is 0.326 e. The third-order valence-corrected chi connectivity index (χ3v) is 2.61. The largest absolute Gasteiger partial charge is 0.480 e. The van der Waals surface area contributed by atoms with Gasteiger partial charge in [0.15, 0.2) is 0 Å². The summed E-state index contributed by atoms with van der Waals surface area (Å²) in [5, 5.41) is 11.4. The summed E-state index contributed by atoms with van der Waals surface area (Å²) in [6, 6.07) is -0.742. The standard InChI is InChI=1S/C12H23NO3/c1-4-5-6-7-9(2)8-11(12(15)16)13-10(3)14/h9,11H,4-8H2,1-3H3,(H,13,14)(H,15,16)/t9-,11?/m1/s1. The lowest BCUT2D eigenvalue weighted by Crippen LogP contribution is -2.40. The summed E-state index contributed by atoms with van der Waals surface area (Å²) >= 11 is 0. The number of carboxylic acids is 1. The maximum atomic E-state index is 10.9. The molecule has 0 aliphatic rings. The van der Waals surface area contributed by atoms with Gasteiger partial charge in [-0.25, -0.2) is 4.79 Å². The van der Waals surface area contributed by atoms with Crippen molar-refractivity contribution in [3.8, 4) is 0 Å². The summed E-state index contributed by atoms with van der Waals surface area (Å²) in [6.45, 7) is 5.52. The van der Waals surface area contributed by atoms with Crippen molar-refractivity contribution in [1.82, 2.24) is 5.32 Å². The summed E-state index contributed by atoms with van der Waals surface area (Å²) in [7, 11) is 0. The predicted molar refractivity (Wildman–Crippen MR) is 63.2 cm³/mol. The first-order chi connectivity index (χ1) is 7.47. The smallest absolute Gasteiger partial charge is 0.326 e. The summed E-state index contributed by atoms with van der Waals surface area (Å²) in [5.41, 5.74) is 0. The lowest BCUT2D eigenvalue weighted by Gasteiger charge is -2.18. The number of amides is 1. The average Bonchev–Trinajstić information content (AvgIpc) is 2.16. The monoisotopic (exact) mass is 229 g/mol. The van der Waals surface area contributed by atoms with Crippen LogP contribution < -0.4 is 5.32 Å². The van der Waals surface area contributed by atoms with Crippen LogP contribution in [0.5, 0.6) is 0 Å². The fourth-order valence-electron chi connectivity index (χ4n) is 1.73. The van der Waals surface area contributed by atoms with Gasteiger partial charge in [-0.3, -0.25) is 4.79 Å². The number of aliphatic carboxylic acids is 1. The molecule has 0 aliphatic carbocycles. The van der Waals surface area contributed by atoms with Crippen molar-refractivity contribution in [2.45, 2.75) is 58.9 Å². The van der Waals surface area contributed by atoms with E-state index in [1.807, 2.05) is 6.92 Å². The highest BCUT2D eigenvalue weighted by atomic mass is 16.4. The van der Waals surface area contributed by atoms with E-state index in [4.69, 9.17) is 5.11 Å². The Balaban J connectivity index is 3.98. The zero-order chi connectivity index (χ0) is 12.6. The number of hydrogen-bond donors (Lipinski definition) is 2. The van der Waals surface area contributed by atoms with Gasteiger partial charge in [0.25, 0.3) is 0 Å². The number of nitrogens with one attached hydrogen (secondary N) is 1. The second-order valence-electron chi connectivity index (χ2n) is 4.43. The first-order valence-corrected chi connectivity index (χ1v) is 5.97. The number of carboxylic acid groups (broad SMARTS) is 1. The van der Waals surface area contributed by atoms with Crippen LogP contribution in [-0.4, -0.2) is 23.0 Å². The second kappa shape index (κ2) is 8.13. The number of carbonyl (C=O) groups excluding carboxylic acids is 1. The Hall–Kier alpha value is -1.06. The van der Waals surface area contributed by atoms with Gasteiger partial charge in [0.2, 0.25) is 5.91 Å². The molecule has 0 radical (unpaired) electrons. The summed E-state index contributed by atoms with van der Waals surface area (Å²) in [6.07, 6.45) is 5.02. The SMILES string of the molecule is CCCCC[C@@H](C)CC(NC(C)=O)C(=O)O. The molecule has 4 heteroatoms. The molecule has 0 fully saturated rings. The van der Waals surface area contributed by atoms with E-state index in [1.54, 1.807) is 0 Å². The molecule has 0 saturated carbocycles. The van der Waals surface area contributed by atoms with Gasteiger partial charge in [-0.05, 0) is 12.3 Å². The van der Waals surface area contributed by atoms with E-state index < -0.39 is 12.0 Å². The van der Waals surface area contributed by atoms with E-state index in [0.717, 1.165) is 12.8 Å². The lowest BCUT2D eigenvalue weighted by atomic mass is 9.95. The first kappa shape index (κ1) is 14.9. The number of rotatable bonds is 8. The van der Waals surface area contributed by atoms with Gasteiger partial charge >= 0.3 is 5.97 Å². The topological polar surface area (TPSA) is 66.4 Å². The van der Waals surface area contributed by atoms with Crippen molar-refractivity contribution < 1.29 is 14.7 Å². The summed E-state index contributed by atoms with van der Waals surface area (Å²) in [5.74, 6) is -0.898. The summed E-state index contributed by atoms with van der Waals surface area (Å²) in [4.78, 5) is 21.7. The molecule has 0 aromatic heterocycles. The van der Waals surface area contributed by atoms with Crippen LogP contribution in [0.4, 0.5) is 0 Å². The van der Waals surface area contributed by atoms with E-state index in [-0.39, 0.29) is 5.91 Å². The second-order valence-corrected chi connectivity index (χ2v) is 4.43. The molecule has 0 bridgehead atoms. The quantitative estimate of drug-likeness (QED) is 0.627. The molecule has 94 valence electrons. The van der Waals surface area contributed by atoms with Crippen LogP contribution in [0.15, 0.2) is 0 Å². The Morgan fingerprint density at radius 1 is 1.31 bits per heavy atom. The van der Waals surface area contributed by atoms with Crippen molar-refractivity contribution in [3.05, 3.63) is 0 Å². The highest BCUT2D eigenvalue weighted by Crippen LogP contribution is 2.15. The Morgan fingerprint density at radius 2 is 1.94 bits per heavy atom. The zero-order valence-corrected chi connectivity index (χ0v) is 10.5. The third kappa shape index (κ3) is 7.26. The molecule has 0 rings (SSSR count). The zero-order valence-electron chi connectivity index (χ0n) is 10.5. The molecular weight excluding hydrogens is 206 g/mol. The number of carbonyl (C=O) groups is 2. The van der Waals surface area contributed by atoms with Crippen molar-refractivity contribution in [3.63, 3.8) is 0 Å². The van der Waals surface area contributed by atoms with Crippen LogP contribution in [0.1, 0.15) is 52.9 Å². The molecule has 0 aromatic carbocycles. The molecule has 0 heterocycles. The minimum Gasteiger partial charge on any atom is -0.480 e. The molecule has 1 amide bonds. The molecule has 4 nitrogen and oxygen atoms in total. The lowest BCUT2D eigenvalue weighted by molar-refractivity contribution is -0.142. The highest BCUT2D eigenvalue weighted by Gasteiger charge is 2.20. The van der Waals surface area contributed by atoms with Crippen LogP contribution in [-0.2, 0) is 9.59 Å². The van der Waals surface area contributed by atoms with Gasteiger partial charge in [-0.1, -0.05) is 39.5 Å². The molecule has 0 aliphatic heterocycles. The molecule has 2 atom stereocenters. The maximum absolute atomic E-state index is 10.9. The average molecular weight is 229 g/mol. The Bertz CT molecular complexity index is 228. The normalized spacial score (nSPS) is 14.2. The predicted octanol–water partition coefficient (Wildman–Crippen LogP) is 2.18. The fraction of sp³-hybridized carbons (Fsp3) is 0.833. The fourth-order valence-corrected chi connectivity index (χ4v) is 1.73. The van der Waals surface area contributed by atoms with Crippen molar-refractivity contribution in [1.29, 1.82) is 0 Å². The highest BCUT2D eigenvalue weighted by molar-refractivity contribution is 5.81. The van der Waals surface area contributed by atoms with E-state index in [1.165, 1.54) is 19.8 Å². The van der Waals surface area contributed by atoms with Gasteiger partial charge in [-0.15, -0.1) is 0 Å². The van der Waals surface area contributed by atoms with E-state index in [2.05, 4.69) is 12.2 Å². The van der Waals surface area contributed by atoms with Crippen molar-refractivity contribution >= 4 is 11.9 Å². The van der Waals surface area contributed by atoms with Crippen molar-refractivity contribution in [2.24, 2.45) is 5.92 Å². The Kier molecular flexibility index (Phi) is 7.60. The first-order valence-electron chi connectivity index (χ1n) is 5.97. The van der Waals surface area contributed by atoms with E-state index >= 15 is 0 Å². The van der Waals surface area contributed by atoms with Crippen LogP contribution in [0.2, 0.25) is 0 Å². The number of unbranched alkanes of at least 4 members (excludes halogenated alkanes) is 2. The summed E-state index contributed by atoms with van der Waals surface area (Å²) < 4.78 is 0. The van der Waals surface area contributed by atoms with Gasteiger partial charge < -0.3 is 10.4 Å². The van der Waals surface area contributed by atoms with E-state index in [0.29, 0.717) is 12.3 Å². The number of hydrogen-bond acceptors (Lipinski definition) is 2. The van der Waals surface area contributed by atoms with Gasteiger partial charge in [-0.2, -0.15) is 0 Å². The molecule has 16 heavy (non-hydrogen) atoms. The van der Waals surface area contributed by atoms with Crippen molar-refractivity contribution in [2.75, 3.05) is 0 Å². The van der Waals surface area contributed by atoms with Crippen LogP contribution in [0.25, 0.3) is 0 Å². The molecule has 0 aromatic rings. The van der Waals surface area contributed by atoms with Crippen LogP contribution in [0.3, 0.4) is 0 Å². The molecule has 2 N–H and O–H groups in total. The minimum atomic E-state index is -0.947. The minimum absolute atomic E-state index is 0.284. The van der Waals surface area contributed by atoms with Crippen LogP contribution in [0, 0.1) is 5.92 Å². The Morgan fingerprint density at radius 3 is 2.38 bits per heavy atom. The van der Waals surface area contributed by atoms with Gasteiger partial charge in [0, 0.05) is 6.92 Å².